The maximum absolute atomic E-state index is 13.5. The first-order chi connectivity index (χ1) is 13.4. The number of rotatable bonds is 10. The summed E-state index contributed by atoms with van der Waals surface area (Å²) in [6.45, 7) is 7.10. The zero-order valence-electron chi connectivity index (χ0n) is 16.7. The molecule has 1 rings (SSSR count). The van der Waals surface area contributed by atoms with Crippen LogP contribution in [-0.4, -0.2) is 41.3 Å². The van der Waals surface area contributed by atoms with Crippen LogP contribution in [-0.2, 0) is 13.9 Å². The maximum atomic E-state index is 13.5. The van der Waals surface area contributed by atoms with Gasteiger partial charge in [0.15, 0.2) is 10.5 Å². The first kappa shape index (κ1) is 25.3. The number of benzene rings is 1. The van der Waals surface area contributed by atoms with Gasteiger partial charge in [-0.3, -0.25) is 0 Å². The monoisotopic (exact) mass is 445 g/mol. The molecule has 0 aliphatic rings. The molecule has 1 N–H and O–H groups in total. The molecule has 0 unspecified atom stereocenters. The summed E-state index contributed by atoms with van der Waals surface area (Å²) >= 11 is 0. The third-order valence-electron chi connectivity index (χ3n) is 3.43. The molecule has 0 radical (unpaired) electrons. The molecule has 0 atom stereocenters. The average molecular weight is 445 g/mol. The van der Waals surface area contributed by atoms with Gasteiger partial charge in [-0.25, -0.2) is 18.0 Å². The summed E-state index contributed by atoms with van der Waals surface area (Å²) in [5.74, 6) is -14.2. The van der Waals surface area contributed by atoms with E-state index < -0.39 is 46.9 Å². The second kappa shape index (κ2) is 10.9. The van der Waals surface area contributed by atoms with Gasteiger partial charge in [-0.1, -0.05) is 0 Å². The molecule has 166 valence electrons. The summed E-state index contributed by atoms with van der Waals surface area (Å²) in [5.41, 5.74) is 0. The van der Waals surface area contributed by atoms with Crippen LogP contribution >= 0.6 is 0 Å². The number of carbonyl (C=O) groups excluding carboxylic acids is 1. The fourth-order valence-corrected chi connectivity index (χ4v) is 2.76. The summed E-state index contributed by atoms with van der Waals surface area (Å²) in [4.78, 5) is 11.7. The molecule has 0 aliphatic heterocycles. The van der Waals surface area contributed by atoms with Gasteiger partial charge in [-0.15, -0.1) is 0 Å². The van der Waals surface area contributed by atoms with Crippen LogP contribution < -0.4 is 10.1 Å². The van der Waals surface area contributed by atoms with E-state index in [2.05, 4.69) is 10.1 Å². The van der Waals surface area contributed by atoms with Gasteiger partial charge < -0.3 is 24.0 Å². The molecule has 0 saturated heterocycles. The Morgan fingerprint density at radius 2 is 1.38 bits per heavy atom. The molecule has 0 saturated carbocycles. The first-order valence-corrected chi connectivity index (χ1v) is 9.63. The number of carbonyl (C=O) groups is 1. The van der Waals surface area contributed by atoms with Crippen LogP contribution in [0.5, 0.6) is 5.75 Å². The van der Waals surface area contributed by atoms with Gasteiger partial charge in [0.1, 0.15) is 0 Å². The van der Waals surface area contributed by atoms with Crippen molar-refractivity contribution < 1.29 is 45.4 Å². The Bertz CT molecular complexity index is 681. The van der Waals surface area contributed by atoms with Crippen LogP contribution in [0.1, 0.15) is 40.5 Å². The summed E-state index contributed by atoms with van der Waals surface area (Å²) in [6, 6.07) is 0. The smallest absolute Gasteiger partial charge is 0.404 e. The minimum atomic E-state index is -2.34. The molecular formula is C17H24F5NO5Si. The van der Waals surface area contributed by atoms with Crippen molar-refractivity contribution in [3.8, 4) is 5.75 Å². The van der Waals surface area contributed by atoms with Crippen LogP contribution in [0, 0.1) is 29.1 Å². The summed E-state index contributed by atoms with van der Waals surface area (Å²) in [7, 11) is 0.304. The molecule has 0 bridgehead atoms. The lowest BCUT2D eigenvalue weighted by molar-refractivity contribution is -0.369. The molecule has 0 aliphatic carbocycles. The highest BCUT2D eigenvalue weighted by Gasteiger charge is 2.34. The van der Waals surface area contributed by atoms with E-state index in [0.717, 1.165) is 0 Å². The molecule has 1 amide bonds. The number of halogens is 5. The van der Waals surface area contributed by atoms with E-state index >= 15 is 0 Å². The standard InChI is InChI=1S/C17H24F5NO5Si/c1-8(2)26-17(28-29,27-9(3)4)6-5-7-23-16(24)25-15-13(21)11(19)10(18)12(20)14(15)22/h8-9H,5-7H2,1-4,29H3,(H,23,24). The van der Waals surface area contributed by atoms with Gasteiger partial charge in [-0.2, -0.15) is 8.78 Å². The lowest BCUT2D eigenvalue weighted by atomic mass is 10.2. The van der Waals surface area contributed by atoms with E-state index in [1.807, 2.05) is 0 Å². The zero-order chi connectivity index (χ0) is 22.4. The van der Waals surface area contributed by atoms with Crippen molar-refractivity contribution >= 4 is 16.6 Å². The topological polar surface area (TPSA) is 66.0 Å². The number of ether oxygens (including phenoxy) is 3. The Morgan fingerprint density at radius 3 is 1.79 bits per heavy atom. The fraction of sp³-hybridized carbons (Fsp3) is 0.588. The molecule has 1 aromatic rings. The summed E-state index contributed by atoms with van der Waals surface area (Å²) in [6.07, 6.45) is -1.37. The molecular weight excluding hydrogens is 421 g/mol. The van der Waals surface area contributed by atoms with Crippen LogP contribution in [0.25, 0.3) is 0 Å². The van der Waals surface area contributed by atoms with Gasteiger partial charge >= 0.3 is 6.09 Å². The number of amides is 1. The maximum Gasteiger partial charge on any atom is 0.412 e. The SMILES string of the molecule is CC(C)OC(CCCNC(=O)Oc1c(F)c(F)c(F)c(F)c1F)(O[SiH3])OC(C)C. The minimum Gasteiger partial charge on any atom is -0.404 e. The van der Waals surface area contributed by atoms with Crippen LogP contribution in [0.3, 0.4) is 0 Å². The number of nitrogens with one attached hydrogen (secondary N) is 1. The van der Waals surface area contributed by atoms with E-state index in [0.29, 0.717) is 10.5 Å². The summed E-state index contributed by atoms with van der Waals surface area (Å²) < 4.78 is 87.4. The Hall–Kier alpha value is -1.76. The zero-order valence-corrected chi connectivity index (χ0v) is 18.7. The predicted molar refractivity (Wildman–Crippen MR) is 95.7 cm³/mol. The highest BCUT2D eigenvalue weighted by Crippen LogP contribution is 2.29. The van der Waals surface area contributed by atoms with Crippen molar-refractivity contribution in [1.82, 2.24) is 5.32 Å². The minimum absolute atomic E-state index is 0.0657. The second-order valence-corrected chi connectivity index (χ2v) is 6.95. The molecule has 12 heteroatoms. The van der Waals surface area contributed by atoms with Crippen molar-refractivity contribution in [2.24, 2.45) is 0 Å². The first-order valence-electron chi connectivity index (χ1n) is 8.82. The van der Waals surface area contributed by atoms with Crippen LogP contribution in [0.4, 0.5) is 26.7 Å². The van der Waals surface area contributed by atoms with Crippen LogP contribution in [0.2, 0.25) is 0 Å². The van der Waals surface area contributed by atoms with Gasteiger partial charge in [0, 0.05) is 13.0 Å². The Morgan fingerprint density at radius 1 is 0.931 bits per heavy atom. The van der Waals surface area contributed by atoms with Gasteiger partial charge in [0.2, 0.25) is 34.8 Å². The molecule has 1 aromatic carbocycles. The molecule has 0 aromatic heterocycles. The normalized spacial score (nSPS) is 12.1. The lowest BCUT2D eigenvalue weighted by Gasteiger charge is -2.35. The largest absolute Gasteiger partial charge is 0.412 e. The third kappa shape index (κ3) is 6.91. The Labute approximate surface area is 168 Å². The molecule has 6 nitrogen and oxygen atoms in total. The van der Waals surface area contributed by atoms with Crippen molar-refractivity contribution in [2.45, 2.75) is 58.7 Å². The fourth-order valence-electron chi connectivity index (χ4n) is 2.36. The third-order valence-corrected chi connectivity index (χ3v) is 4.06. The number of hydrogen-bond acceptors (Lipinski definition) is 5. The molecule has 0 heterocycles. The van der Waals surface area contributed by atoms with Crippen molar-refractivity contribution in [1.29, 1.82) is 0 Å². The van der Waals surface area contributed by atoms with Crippen molar-refractivity contribution in [3.05, 3.63) is 29.1 Å². The van der Waals surface area contributed by atoms with Crippen molar-refractivity contribution in [3.63, 3.8) is 0 Å². The summed E-state index contributed by atoms with van der Waals surface area (Å²) in [5, 5.41) is 2.15. The van der Waals surface area contributed by atoms with Gasteiger partial charge in [0.25, 0.3) is 5.97 Å². The highest BCUT2D eigenvalue weighted by molar-refractivity contribution is 5.98. The molecule has 0 fully saturated rings. The number of hydrogen-bond donors (Lipinski definition) is 1. The van der Waals surface area contributed by atoms with E-state index in [1.165, 1.54) is 0 Å². The average Bonchev–Trinajstić information content (AvgIpc) is 2.64. The predicted octanol–water partition coefficient (Wildman–Crippen LogP) is 3.05. The lowest BCUT2D eigenvalue weighted by Crippen LogP contribution is -2.43. The Balaban J connectivity index is 2.70. The molecule has 29 heavy (non-hydrogen) atoms. The highest BCUT2D eigenvalue weighted by atomic mass is 28.2. The van der Waals surface area contributed by atoms with E-state index in [-0.39, 0.29) is 31.6 Å². The molecule has 0 spiro atoms. The van der Waals surface area contributed by atoms with Gasteiger partial charge in [0.05, 0.1) is 12.2 Å². The Kier molecular flexibility index (Phi) is 9.46. The van der Waals surface area contributed by atoms with E-state index in [4.69, 9.17) is 13.9 Å². The van der Waals surface area contributed by atoms with Gasteiger partial charge in [-0.05, 0) is 34.1 Å². The van der Waals surface area contributed by atoms with Crippen LogP contribution in [0.15, 0.2) is 0 Å². The quantitative estimate of drug-likeness (QED) is 0.150. The van der Waals surface area contributed by atoms with E-state index in [1.54, 1.807) is 27.7 Å². The van der Waals surface area contributed by atoms with E-state index in [9.17, 15) is 26.7 Å². The van der Waals surface area contributed by atoms with Crippen molar-refractivity contribution in [2.75, 3.05) is 6.54 Å². The second-order valence-electron chi connectivity index (χ2n) is 6.54.